The van der Waals surface area contributed by atoms with E-state index in [9.17, 15) is 22.8 Å². The zero-order valence-electron chi connectivity index (χ0n) is 19.3. The summed E-state index contributed by atoms with van der Waals surface area (Å²) in [5, 5.41) is 0. The van der Waals surface area contributed by atoms with E-state index in [0.29, 0.717) is 12.2 Å². The third kappa shape index (κ3) is 6.38. The molecule has 180 valence electrons. The summed E-state index contributed by atoms with van der Waals surface area (Å²) in [5.74, 6) is -1.72. The first kappa shape index (κ1) is 26.0. The number of carbonyl (C=O) groups excluding carboxylic acids is 2. The van der Waals surface area contributed by atoms with Gasteiger partial charge in [0, 0.05) is 19.8 Å². The molecule has 0 amide bonds. The Balaban J connectivity index is 2.71. The molecule has 1 aliphatic rings. The van der Waals surface area contributed by atoms with Gasteiger partial charge in [0.05, 0.1) is 36.7 Å². The Morgan fingerprint density at radius 1 is 1.00 bits per heavy atom. The highest BCUT2D eigenvalue weighted by Crippen LogP contribution is 2.39. The largest absolute Gasteiger partial charge is 0.465 e. The van der Waals surface area contributed by atoms with E-state index in [1.54, 1.807) is 11.9 Å². The summed E-state index contributed by atoms with van der Waals surface area (Å²) in [7, 11) is 7.89. The van der Waals surface area contributed by atoms with Crippen LogP contribution in [0.3, 0.4) is 0 Å². The van der Waals surface area contributed by atoms with Gasteiger partial charge in [0.15, 0.2) is 0 Å². The Hall–Kier alpha value is -3.27. The summed E-state index contributed by atoms with van der Waals surface area (Å²) in [4.78, 5) is 30.1. The first-order valence-corrected chi connectivity index (χ1v) is 10.1. The first-order chi connectivity index (χ1) is 15.5. The predicted molar refractivity (Wildman–Crippen MR) is 120 cm³/mol. The number of halogens is 3. The quantitative estimate of drug-likeness (QED) is 0.542. The number of nitrogens with zero attached hydrogens (tertiary/aromatic N) is 3. The summed E-state index contributed by atoms with van der Waals surface area (Å²) < 4.78 is 50.4. The van der Waals surface area contributed by atoms with E-state index in [4.69, 9.17) is 9.47 Å². The molecular formula is C23H28F3N3O4. The van der Waals surface area contributed by atoms with Crippen LogP contribution >= 0.6 is 0 Å². The van der Waals surface area contributed by atoms with Crippen LogP contribution in [-0.2, 0) is 25.2 Å². The van der Waals surface area contributed by atoms with Crippen molar-refractivity contribution in [1.82, 2.24) is 4.90 Å². The van der Waals surface area contributed by atoms with Crippen LogP contribution in [0.4, 0.5) is 24.5 Å². The predicted octanol–water partition coefficient (Wildman–Crippen LogP) is 3.58. The van der Waals surface area contributed by atoms with Crippen LogP contribution in [0, 0.1) is 0 Å². The van der Waals surface area contributed by atoms with Crippen molar-refractivity contribution in [2.75, 3.05) is 58.3 Å². The number of carbonyl (C=O) groups is 2. The van der Waals surface area contributed by atoms with Crippen molar-refractivity contribution >= 4 is 23.3 Å². The standard InChI is InChI=1S/C23H28F3N3O4/c1-27(2)12-8-13-28(3)18-11-10-16(23(24,25)26)15-19(18)29-14-7-6-9-17(21(30)32-4)20(29)22(31)33-5/h6-7,9-11,14-15H,8,12-13H2,1-5H3. The lowest BCUT2D eigenvalue weighted by Crippen LogP contribution is -2.30. The van der Waals surface area contributed by atoms with Gasteiger partial charge in [-0.25, -0.2) is 9.59 Å². The van der Waals surface area contributed by atoms with Gasteiger partial charge in [-0.15, -0.1) is 0 Å². The molecule has 1 aromatic carbocycles. The molecule has 0 aromatic heterocycles. The average Bonchev–Trinajstić information content (AvgIpc) is 2.99. The van der Waals surface area contributed by atoms with Crippen LogP contribution in [-0.4, -0.2) is 65.3 Å². The van der Waals surface area contributed by atoms with Gasteiger partial charge in [0.2, 0.25) is 0 Å². The van der Waals surface area contributed by atoms with Crippen LogP contribution in [0.1, 0.15) is 12.0 Å². The van der Waals surface area contributed by atoms with E-state index >= 15 is 0 Å². The van der Waals surface area contributed by atoms with Crippen LogP contribution in [0.25, 0.3) is 0 Å². The van der Waals surface area contributed by atoms with Crippen LogP contribution in [0.2, 0.25) is 0 Å². The van der Waals surface area contributed by atoms with Crippen molar-refractivity contribution < 1.29 is 32.2 Å². The minimum Gasteiger partial charge on any atom is -0.465 e. The third-order valence-corrected chi connectivity index (χ3v) is 4.96. The number of alkyl halides is 3. The van der Waals surface area contributed by atoms with Crippen molar-refractivity contribution in [3.63, 3.8) is 0 Å². The van der Waals surface area contributed by atoms with Crippen molar-refractivity contribution in [3.05, 3.63) is 59.5 Å². The molecule has 1 aliphatic heterocycles. The van der Waals surface area contributed by atoms with Gasteiger partial charge in [-0.2, -0.15) is 13.2 Å². The molecule has 2 rings (SSSR count). The number of rotatable bonds is 8. The SMILES string of the molecule is COC(=O)C1=C(C(=O)OC)N(c2cc(C(F)(F)F)ccc2N(C)CCCN(C)C)C=CC=C1. The second kappa shape index (κ2) is 11.0. The fourth-order valence-corrected chi connectivity index (χ4v) is 3.31. The molecule has 0 N–H and O–H groups in total. The van der Waals surface area contributed by atoms with Crippen LogP contribution < -0.4 is 9.80 Å². The lowest BCUT2D eigenvalue weighted by atomic mass is 10.1. The Morgan fingerprint density at radius 3 is 2.24 bits per heavy atom. The lowest BCUT2D eigenvalue weighted by Gasteiger charge is -2.30. The Labute approximate surface area is 191 Å². The molecule has 0 bridgehead atoms. The maximum atomic E-state index is 13.6. The molecule has 0 radical (unpaired) electrons. The fourth-order valence-electron chi connectivity index (χ4n) is 3.31. The first-order valence-electron chi connectivity index (χ1n) is 10.1. The Morgan fingerprint density at radius 2 is 1.67 bits per heavy atom. The normalized spacial score (nSPS) is 13.9. The van der Waals surface area contributed by atoms with Crippen molar-refractivity contribution in [2.24, 2.45) is 0 Å². The molecule has 1 heterocycles. The number of hydrogen-bond acceptors (Lipinski definition) is 7. The number of methoxy groups -OCH3 is 2. The third-order valence-electron chi connectivity index (χ3n) is 4.96. The number of hydrogen-bond donors (Lipinski definition) is 0. The Kier molecular flexibility index (Phi) is 8.69. The van der Waals surface area contributed by atoms with Gasteiger partial charge < -0.3 is 24.2 Å². The minimum absolute atomic E-state index is 0.0685. The highest BCUT2D eigenvalue weighted by molar-refractivity contribution is 6.06. The monoisotopic (exact) mass is 467 g/mol. The lowest BCUT2D eigenvalue weighted by molar-refractivity contribution is -0.139. The summed E-state index contributed by atoms with van der Waals surface area (Å²) >= 11 is 0. The summed E-state index contributed by atoms with van der Waals surface area (Å²) in [6.07, 6.45) is 1.91. The van der Waals surface area contributed by atoms with Gasteiger partial charge in [-0.1, -0.05) is 6.08 Å². The number of esters is 2. The molecule has 1 aromatic rings. The van der Waals surface area contributed by atoms with Crippen molar-refractivity contribution in [1.29, 1.82) is 0 Å². The highest BCUT2D eigenvalue weighted by atomic mass is 19.4. The topological polar surface area (TPSA) is 62.3 Å². The van der Waals surface area contributed by atoms with E-state index in [2.05, 4.69) is 0 Å². The van der Waals surface area contributed by atoms with Gasteiger partial charge in [0.1, 0.15) is 5.70 Å². The van der Waals surface area contributed by atoms with Gasteiger partial charge in [-0.05, 0) is 57.4 Å². The highest BCUT2D eigenvalue weighted by Gasteiger charge is 2.34. The number of allylic oxidation sites excluding steroid dienone is 2. The minimum atomic E-state index is -4.61. The number of anilines is 2. The zero-order chi connectivity index (χ0) is 24.8. The van der Waals surface area contributed by atoms with E-state index in [1.165, 1.54) is 35.4 Å². The molecule has 0 spiro atoms. The van der Waals surface area contributed by atoms with E-state index < -0.39 is 23.7 Å². The van der Waals surface area contributed by atoms with Crippen molar-refractivity contribution in [3.8, 4) is 0 Å². The van der Waals surface area contributed by atoms with Gasteiger partial charge in [0.25, 0.3) is 0 Å². The van der Waals surface area contributed by atoms with Crippen LogP contribution in [0.15, 0.2) is 53.9 Å². The molecule has 10 heteroatoms. The summed E-state index contributed by atoms with van der Waals surface area (Å²) in [5.41, 5.74) is -0.778. The van der Waals surface area contributed by atoms with Crippen LogP contribution in [0.5, 0.6) is 0 Å². The van der Waals surface area contributed by atoms with Gasteiger partial charge >= 0.3 is 18.1 Å². The Bertz CT molecular complexity index is 968. The van der Waals surface area contributed by atoms with Crippen molar-refractivity contribution in [2.45, 2.75) is 12.6 Å². The fraction of sp³-hybridized carbons (Fsp3) is 0.391. The second-order valence-electron chi connectivity index (χ2n) is 7.60. The number of benzene rings is 1. The van der Waals surface area contributed by atoms with E-state index in [1.807, 2.05) is 19.0 Å². The van der Waals surface area contributed by atoms with E-state index in [-0.39, 0.29) is 17.0 Å². The van der Waals surface area contributed by atoms with E-state index in [0.717, 1.165) is 39.3 Å². The maximum Gasteiger partial charge on any atom is 0.416 e. The average molecular weight is 467 g/mol. The maximum absolute atomic E-state index is 13.6. The summed E-state index contributed by atoms with van der Waals surface area (Å²) in [6, 6.07) is 3.29. The molecule has 0 atom stereocenters. The molecular weight excluding hydrogens is 439 g/mol. The molecule has 0 fully saturated rings. The molecule has 33 heavy (non-hydrogen) atoms. The molecule has 0 saturated heterocycles. The molecule has 7 nitrogen and oxygen atoms in total. The smallest absolute Gasteiger partial charge is 0.416 e. The molecule has 0 saturated carbocycles. The van der Waals surface area contributed by atoms with Gasteiger partial charge in [-0.3, -0.25) is 0 Å². The molecule has 0 aliphatic carbocycles. The summed E-state index contributed by atoms with van der Waals surface area (Å²) in [6.45, 7) is 1.33. The zero-order valence-corrected chi connectivity index (χ0v) is 19.3. The number of ether oxygens (including phenoxy) is 2. The second-order valence-corrected chi connectivity index (χ2v) is 7.60. The molecule has 0 unspecified atom stereocenters.